The van der Waals surface area contributed by atoms with E-state index in [4.69, 9.17) is 0 Å². The van der Waals surface area contributed by atoms with Crippen LogP contribution in [0.25, 0.3) is 0 Å². The largest absolute Gasteiger partial charge is 0.326 e. The number of hydrogen-bond acceptors (Lipinski definition) is 2. The van der Waals surface area contributed by atoms with Crippen LogP contribution >= 0.6 is 0 Å². The van der Waals surface area contributed by atoms with Crippen molar-refractivity contribution in [1.29, 1.82) is 0 Å². The summed E-state index contributed by atoms with van der Waals surface area (Å²) in [5.74, 6) is 0.609. The highest BCUT2D eigenvalue weighted by Crippen LogP contribution is 2.49. The summed E-state index contributed by atoms with van der Waals surface area (Å²) in [5.41, 5.74) is 7.72. The number of nitrogens with one attached hydrogen (secondary N) is 2. The Bertz CT molecular complexity index is 1270. The fraction of sp³-hybridized carbons (Fsp3) is 0.429. The number of anilines is 2. The molecule has 2 fully saturated rings. The monoisotopic (exact) mass is 522 g/mol. The van der Waals surface area contributed by atoms with E-state index in [0.29, 0.717) is 0 Å². The van der Waals surface area contributed by atoms with Gasteiger partial charge in [0.1, 0.15) is 0 Å². The van der Waals surface area contributed by atoms with E-state index in [1.165, 1.54) is 22.3 Å². The summed E-state index contributed by atoms with van der Waals surface area (Å²) in [7, 11) is 0. The molecular formula is C35H42N2O2. The minimum Gasteiger partial charge on any atom is -0.326 e. The molecule has 3 aromatic rings. The van der Waals surface area contributed by atoms with Gasteiger partial charge in [-0.2, -0.15) is 0 Å². The number of carbonyl (C=O) groups excluding carboxylic acids is 2. The maximum absolute atomic E-state index is 13.1. The van der Waals surface area contributed by atoms with Crippen LogP contribution in [0.1, 0.15) is 94.0 Å². The van der Waals surface area contributed by atoms with Gasteiger partial charge in [-0.1, -0.05) is 96.1 Å². The van der Waals surface area contributed by atoms with Crippen molar-refractivity contribution < 1.29 is 9.59 Å². The van der Waals surface area contributed by atoms with Gasteiger partial charge in [0, 0.05) is 23.2 Å². The fourth-order valence-electron chi connectivity index (χ4n) is 5.52. The molecule has 204 valence electrons. The van der Waals surface area contributed by atoms with Crippen molar-refractivity contribution in [2.24, 2.45) is 11.8 Å². The van der Waals surface area contributed by atoms with Crippen molar-refractivity contribution in [3.63, 3.8) is 0 Å². The first-order valence-corrected chi connectivity index (χ1v) is 14.2. The third kappa shape index (κ3) is 5.95. The Balaban J connectivity index is 1.18. The van der Waals surface area contributed by atoms with Crippen molar-refractivity contribution >= 4 is 23.2 Å². The Morgan fingerprint density at radius 2 is 0.974 bits per heavy atom. The van der Waals surface area contributed by atoms with Crippen LogP contribution in [0.5, 0.6) is 0 Å². The van der Waals surface area contributed by atoms with Crippen LogP contribution in [-0.4, -0.2) is 11.8 Å². The van der Waals surface area contributed by atoms with E-state index in [-0.39, 0.29) is 46.3 Å². The van der Waals surface area contributed by atoms with Crippen LogP contribution in [0.4, 0.5) is 11.4 Å². The molecule has 4 nitrogen and oxygen atoms in total. The molecule has 0 spiro atoms. The van der Waals surface area contributed by atoms with E-state index in [9.17, 15) is 9.59 Å². The standard InChI is InChI=1S/C35H42N2O2/c1-21-30(36-32(38)28-19-26(28)22-11-15-24(16-12-22)34(2,3)4)9-8-10-31(21)37-33(39)29-20-27(29)23-13-17-25(18-14-23)35(5,6)7/h8-18,26-29H,19-20H2,1-7H3,(H,36,38)(H,37,39)/t26-,27-,28-,29-/m1/s1. The predicted octanol–water partition coefficient (Wildman–Crippen LogP) is 8.07. The molecule has 2 aliphatic rings. The van der Waals surface area contributed by atoms with E-state index in [2.05, 4.69) is 101 Å². The number of benzene rings is 3. The molecule has 3 aromatic carbocycles. The van der Waals surface area contributed by atoms with Crippen molar-refractivity contribution in [2.75, 3.05) is 10.6 Å². The molecule has 0 aliphatic heterocycles. The molecule has 0 aromatic heterocycles. The minimum absolute atomic E-state index is 0.0139. The first kappa shape index (κ1) is 27.2. The van der Waals surface area contributed by atoms with E-state index in [1.54, 1.807) is 0 Å². The highest BCUT2D eigenvalue weighted by molar-refractivity contribution is 5.99. The van der Waals surface area contributed by atoms with Gasteiger partial charge in [-0.3, -0.25) is 9.59 Å². The second-order valence-electron chi connectivity index (χ2n) is 13.6. The molecule has 0 radical (unpaired) electrons. The van der Waals surface area contributed by atoms with E-state index in [0.717, 1.165) is 29.8 Å². The summed E-state index contributed by atoms with van der Waals surface area (Å²) < 4.78 is 0. The summed E-state index contributed by atoms with van der Waals surface area (Å²) >= 11 is 0. The Hall–Kier alpha value is -3.40. The van der Waals surface area contributed by atoms with Crippen LogP contribution in [-0.2, 0) is 20.4 Å². The van der Waals surface area contributed by atoms with Gasteiger partial charge in [-0.05, 0) is 82.4 Å². The lowest BCUT2D eigenvalue weighted by Crippen LogP contribution is -2.18. The first-order chi connectivity index (χ1) is 18.3. The van der Waals surface area contributed by atoms with Crippen molar-refractivity contribution in [3.8, 4) is 0 Å². The molecule has 2 aliphatic carbocycles. The quantitative estimate of drug-likeness (QED) is 0.344. The zero-order valence-corrected chi connectivity index (χ0v) is 24.4. The number of amides is 2. The highest BCUT2D eigenvalue weighted by atomic mass is 16.2. The van der Waals surface area contributed by atoms with Crippen LogP contribution in [0.2, 0.25) is 0 Å². The summed E-state index contributed by atoms with van der Waals surface area (Å²) in [5, 5.41) is 6.26. The SMILES string of the molecule is Cc1c(NC(=O)[C@@H]2C[C@@H]2c2ccc(C(C)(C)C)cc2)cccc1NC(=O)[C@@H]1C[C@@H]1c1ccc(C(C)(C)C)cc1. The normalized spacial score (nSPS) is 22.2. The van der Waals surface area contributed by atoms with Crippen molar-refractivity contribution in [1.82, 2.24) is 0 Å². The van der Waals surface area contributed by atoms with E-state index < -0.39 is 0 Å². The Morgan fingerprint density at radius 3 is 1.31 bits per heavy atom. The zero-order chi connectivity index (χ0) is 28.1. The third-order valence-corrected chi connectivity index (χ3v) is 8.51. The van der Waals surface area contributed by atoms with Gasteiger partial charge in [0.2, 0.25) is 11.8 Å². The summed E-state index contributed by atoms with van der Waals surface area (Å²) in [6, 6.07) is 23.1. The smallest absolute Gasteiger partial charge is 0.228 e. The maximum atomic E-state index is 13.1. The van der Waals surface area contributed by atoms with Crippen LogP contribution in [0, 0.1) is 18.8 Å². The lowest BCUT2D eigenvalue weighted by molar-refractivity contribution is -0.118. The summed E-state index contributed by atoms with van der Waals surface area (Å²) in [4.78, 5) is 26.2. The molecule has 2 saturated carbocycles. The lowest BCUT2D eigenvalue weighted by atomic mass is 9.86. The average Bonchev–Trinajstić information content (AvgIpc) is 3.79. The van der Waals surface area contributed by atoms with Crippen LogP contribution < -0.4 is 10.6 Å². The highest BCUT2D eigenvalue weighted by Gasteiger charge is 2.45. The fourth-order valence-corrected chi connectivity index (χ4v) is 5.52. The summed E-state index contributed by atoms with van der Waals surface area (Å²) in [6.45, 7) is 15.2. The van der Waals surface area contributed by atoms with E-state index >= 15 is 0 Å². The van der Waals surface area contributed by atoms with Gasteiger partial charge in [-0.25, -0.2) is 0 Å². The second-order valence-corrected chi connectivity index (χ2v) is 13.6. The van der Waals surface area contributed by atoms with Crippen LogP contribution in [0.3, 0.4) is 0 Å². The third-order valence-electron chi connectivity index (χ3n) is 8.51. The molecule has 2 amide bonds. The molecule has 0 heterocycles. The topological polar surface area (TPSA) is 58.2 Å². The van der Waals surface area contributed by atoms with Gasteiger partial charge in [0.25, 0.3) is 0 Å². The first-order valence-electron chi connectivity index (χ1n) is 14.2. The lowest BCUT2D eigenvalue weighted by Gasteiger charge is -2.19. The molecule has 2 N–H and O–H groups in total. The molecule has 39 heavy (non-hydrogen) atoms. The van der Waals surface area contributed by atoms with Gasteiger partial charge >= 0.3 is 0 Å². The van der Waals surface area contributed by atoms with E-state index in [1.807, 2.05) is 25.1 Å². The number of carbonyl (C=O) groups is 2. The Morgan fingerprint density at radius 1 is 0.615 bits per heavy atom. The molecule has 0 unspecified atom stereocenters. The molecule has 4 atom stereocenters. The molecule has 4 heteroatoms. The second kappa shape index (κ2) is 9.97. The molecular weight excluding hydrogens is 480 g/mol. The van der Waals surface area contributed by atoms with Gasteiger partial charge in [0.15, 0.2) is 0 Å². The number of rotatable bonds is 6. The average molecular weight is 523 g/mol. The van der Waals surface area contributed by atoms with Gasteiger partial charge < -0.3 is 10.6 Å². The van der Waals surface area contributed by atoms with Crippen molar-refractivity contribution in [3.05, 3.63) is 94.5 Å². The van der Waals surface area contributed by atoms with Gasteiger partial charge in [0.05, 0.1) is 0 Å². The molecule has 5 rings (SSSR count). The number of hydrogen-bond donors (Lipinski definition) is 2. The molecule has 0 saturated heterocycles. The van der Waals surface area contributed by atoms with Gasteiger partial charge in [-0.15, -0.1) is 0 Å². The predicted molar refractivity (Wildman–Crippen MR) is 160 cm³/mol. The van der Waals surface area contributed by atoms with Crippen molar-refractivity contribution in [2.45, 2.75) is 84.0 Å². The Labute approximate surface area is 233 Å². The maximum Gasteiger partial charge on any atom is 0.228 e. The summed E-state index contributed by atoms with van der Waals surface area (Å²) in [6.07, 6.45) is 1.74. The van der Waals surface area contributed by atoms with Crippen LogP contribution in [0.15, 0.2) is 66.7 Å². The zero-order valence-electron chi connectivity index (χ0n) is 24.4. The Kier molecular flexibility index (Phi) is 6.95. The minimum atomic E-state index is -0.0139. The molecule has 0 bridgehead atoms.